The molecular formula is C26H31N7O3. The van der Waals surface area contributed by atoms with Crippen molar-refractivity contribution in [2.45, 2.75) is 25.9 Å². The highest BCUT2D eigenvalue weighted by Gasteiger charge is 2.23. The molecule has 2 fully saturated rings. The van der Waals surface area contributed by atoms with Crippen LogP contribution < -0.4 is 20.1 Å². The molecule has 0 spiro atoms. The first-order chi connectivity index (χ1) is 17.5. The number of hydrogen-bond donors (Lipinski definition) is 0. The highest BCUT2D eigenvalue weighted by Crippen LogP contribution is 2.26. The Morgan fingerprint density at radius 1 is 0.917 bits per heavy atom. The smallest absolute Gasteiger partial charge is 0.299 e. The van der Waals surface area contributed by atoms with Crippen LogP contribution in [0.3, 0.4) is 0 Å². The molecule has 3 aromatic rings. The van der Waals surface area contributed by atoms with Crippen LogP contribution >= 0.6 is 0 Å². The molecular weight excluding hydrogens is 458 g/mol. The van der Waals surface area contributed by atoms with Crippen molar-refractivity contribution in [2.24, 2.45) is 7.05 Å². The molecule has 4 heterocycles. The number of piperidine rings is 1. The number of carbonyl (C=O) groups is 1. The predicted molar refractivity (Wildman–Crippen MR) is 137 cm³/mol. The number of piperazine rings is 1. The number of rotatable bonds is 5. The van der Waals surface area contributed by atoms with E-state index in [4.69, 9.17) is 4.74 Å². The maximum absolute atomic E-state index is 12.5. The number of benzene rings is 1. The summed E-state index contributed by atoms with van der Waals surface area (Å²) < 4.78 is 7.62. The lowest BCUT2D eigenvalue weighted by atomic mass is 10.1. The van der Waals surface area contributed by atoms with Crippen LogP contribution in [0.2, 0.25) is 0 Å². The van der Waals surface area contributed by atoms with Gasteiger partial charge < -0.3 is 19.4 Å². The van der Waals surface area contributed by atoms with Gasteiger partial charge in [-0.05, 0) is 30.3 Å². The molecule has 5 rings (SSSR count). The van der Waals surface area contributed by atoms with Crippen LogP contribution in [0.1, 0.15) is 19.8 Å². The third kappa shape index (κ3) is 5.17. The van der Waals surface area contributed by atoms with E-state index < -0.39 is 0 Å². The second-order valence-corrected chi connectivity index (χ2v) is 9.23. The normalized spacial score (nSPS) is 16.8. The molecule has 0 unspecified atom stereocenters. The third-order valence-corrected chi connectivity index (χ3v) is 6.96. The largest absolute Gasteiger partial charge is 0.461 e. The summed E-state index contributed by atoms with van der Waals surface area (Å²) in [5.74, 6) is 0.147. The van der Waals surface area contributed by atoms with E-state index in [2.05, 4.69) is 49.0 Å². The van der Waals surface area contributed by atoms with Crippen molar-refractivity contribution in [3.63, 3.8) is 0 Å². The summed E-state index contributed by atoms with van der Waals surface area (Å²) in [5, 5.41) is 0. The summed E-state index contributed by atoms with van der Waals surface area (Å²) in [7, 11) is 1.67. The molecule has 0 atom stereocenters. The molecule has 1 aromatic carbocycles. The van der Waals surface area contributed by atoms with E-state index in [1.54, 1.807) is 26.2 Å². The van der Waals surface area contributed by atoms with Gasteiger partial charge in [0.2, 0.25) is 5.91 Å². The van der Waals surface area contributed by atoms with E-state index in [9.17, 15) is 9.59 Å². The summed E-state index contributed by atoms with van der Waals surface area (Å²) >= 11 is 0. The van der Waals surface area contributed by atoms with Gasteiger partial charge in [0.25, 0.3) is 11.6 Å². The Morgan fingerprint density at radius 2 is 1.56 bits per heavy atom. The number of ether oxygens (including phenoxy) is 1. The quantitative estimate of drug-likeness (QED) is 0.537. The minimum atomic E-state index is -0.186. The van der Waals surface area contributed by atoms with E-state index in [0.29, 0.717) is 17.4 Å². The molecule has 0 radical (unpaired) electrons. The fourth-order valence-electron chi connectivity index (χ4n) is 4.73. The van der Waals surface area contributed by atoms with Gasteiger partial charge in [-0.1, -0.05) is 0 Å². The maximum Gasteiger partial charge on any atom is 0.299 e. The van der Waals surface area contributed by atoms with E-state index >= 15 is 0 Å². The Bertz CT molecular complexity index is 1250. The van der Waals surface area contributed by atoms with Crippen molar-refractivity contribution in [3.05, 3.63) is 59.3 Å². The van der Waals surface area contributed by atoms with Crippen LogP contribution in [0.4, 0.5) is 11.4 Å². The second kappa shape index (κ2) is 10.3. The Labute approximate surface area is 210 Å². The molecule has 2 aliphatic heterocycles. The van der Waals surface area contributed by atoms with Gasteiger partial charge in [0.05, 0.1) is 11.4 Å². The van der Waals surface area contributed by atoms with E-state index in [0.717, 1.165) is 52.1 Å². The van der Waals surface area contributed by atoms with E-state index in [1.807, 2.05) is 4.90 Å². The van der Waals surface area contributed by atoms with Gasteiger partial charge in [-0.2, -0.15) is 4.98 Å². The van der Waals surface area contributed by atoms with Crippen LogP contribution in [0, 0.1) is 0 Å². The third-order valence-electron chi connectivity index (χ3n) is 6.96. The topological polar surface area (TPSA) is 96.7 Å². The average Bonchev–Trinajstić information content (AvgIpc) is 2.92. The molecule has 0 saturated carbocycles. The molecule has 10 heteroatoms. The SMILES string of the molecule is CC(=O)N1CCN(c2ccc(N3CCC(Oc4nc(-c5ccncn5)cc(=O)n4C)CC3)cc2)CC1. The first-order valence-electron chi connectivity index (χ1n) is 12.3. The summed E-state index contributed by atoms with van der Waals surface area (Å²) in [5.41, 5.74) is 3.27. The molecule has 1 amide bonds. The first kappa shape index (κ1) is 23.8. The zero-order chi connectivity index (χ0) is 25.1. The molecule has 10 nitrogen and oxygen atoms in total. The standard InChI is InChI=1S/C26H31N7O3/c1-19(34)31-13-15-33(16-14-31)21-5-3-20(4-6-21)32-11-8-22(9-12-32)36-26-29-24(17-25(35)30(26)2)23-7-10-27-18-28-23/h3-7,10,17-18,22H,8-9,11-16H2,1-2H3. The zero-order valence-electron chi connectivity index (χ0n) is 20.7. The van der Waals surface area contributed by atoms with Gasteiger partial charge in [-0.15, -0.1) is 0 Å². The molecule has 2 saturated heterocycles. The predicted octanol–water partition coefficient (Wildman–Crippen LogP) is 1.95. The van der Waals surface area contributed by atoms with E-state index in [-0.39, 0.29) is 17.6 Å². The Kier molecular flexibility index (Phi) is 6.84. The molecule has 0 N–H and O–H groups in total. The molecule has 188 valence electrons. The highest BCUT2D eigenvalue weighted by molar-refractivity contribution is 5.73. The van der Waals surface area contributed by atoms with Crippen molar-refractivity contribution in [3.8, 4) is 17.4 Å². The van der Waals surface area contributed by atoms with Crippen molar-refractivity contribution in [1.82, 2.24) is 24.4 Å². The number of aromatic nitrogens is 4. The number of amides is 1. The van der Waals surface area contributed by atoms with Gasteiger partial charge in [-0.25, -0.2) is 9.97 Å². The number of hydrogen-bond acceptors (Lipinski definition) is 8. The Balaban J connectivity index is 1.18. The average molecular weight is 490 g/mol. The molecule has 2 aliphatic rings. The molecule has 36 heavy (non-hydrogen) atoms. The minimum absolute atomic E-state index is 0.0168. The van der Waals surface area contributed by atoms with Gasteiger partial charge in [0.1, 0.15) is 12.4 Å². The van der Waals surface area contributed by atoms with Crippen LogP contribution in [0.15, 0.2) is 53.7 Å². The lowest BCUT2D eigenvalue weighted by molar-refractivity contribution is -0.129. The second-order valence-electron chi connectivity index (χ2n) is 9.23. The molecule has 2 aromatic heterocycles. The zero-order valence-corrected chi connectivity index (χ0v) is 20.7. The Morgan fingerprint density at radius 3 is 2.14 bits per heavy atom. The number of nitrogens with zero attached hydrogens (tertiary/aromatic N) is 7. The molecule has 0 bridgehead atoms. The lowest BCUT2D eigenvalue weighted by Crippen LogP contribution is -2.48. The summed E-state index contributed by atoms with van der Waals surface area (Å²) in [6.45, 7) is 6.61. The van der Waals surface area contributed by atoms with Gasteiger partial charge in [0.15, 0.2) is 0 Å². The lowest BCUT2D eigenvalue weighted by Gasteiger charge is -2.36. The summed E-state index contributed by atoms with van der Waals surface area (Å²) in [6.07, 6.45) is 4.71. The summed E-state index contributed by atoms with van der Waals surface area (Å²) in [6, 6.07) is 12.2. The van der Waals surface area contributed by atoms with Gasteiger partial charge in [0, 0.05) is 89.7 Å². The first-order valence-corrected chi connectivity index (χ1v) is 12.3. The van der Waals surface area contributed by atoms with Crippen LogP contribution in [-0.2, 0) is 11.8 Å². The van der Waals surface area contributed by atoms with Gasteiger partial charge >= 0.3 is 0 Å². The highest BCUT2D eigenvalue weighted by atomic mass is 16.5. The fourth-order valence-corrected chi connectivity index (χ4v) is 4.73. The maximum atomic E-state index is 12.5. The van der Waals surface area contributed by atoms with Crippen molar-refractivity contribution < 1.29 is 9.53 Å². The minimum Gasteiger partial charge on any atom is -0.461 e. The van der Waals surface area contributed by atoms with Gasteiger partial charge in [-0.3, -0.25) is 14.2 Å². The van der Waals surface area contributed by atoms with Crippen LogP contribution in [0.25, 0.3) is 11.4 Å². The van der Waals surface area contributed by atoms with Crippen molar-refractivity contribution >= 4 is 17.3 Å². The van der Waals surface area contributed by atoms with Crippen molar-refractivity contribution in [2.75, 3.05) is 49.1 Å². The van der Waals surface area contributed by atoms with E-state index in [1.165, 1.54) is 28.3 Å². The van der Waals surface area contributed by atoms with Crippen molar-refractivity contribution in [1.29, 1.82) is 0 Å². The fraction of sp³-hybridized carbons (Fsp3) is 0.423. The Hall–Kier alpha value is -3.95. The monoisotopic (exact) mass is 489 g/mol. The summed E-state index contributed by atoms with van der Waals surface area (Å²) in [4.78, 5) is 43.3. The van der Waals surface area contributed by atoms with Crippen LogP contribution in [-0.4, -0.2) is 75.7 Å². The number of anilines is 2. The molecule has 0 aliphatic carbocycles. The number of carbonyl (C=O) groups excluding carboxylic acids is 1. The van der Waals surface area contributed by atoms with Crippen LogP contribution in [0.5, 0.6) is 6.01 Å².